The van der Waals surface area contributed by atoms with E-state index in [4.69, 9.17) is 16.3 Å². The minimum absolute atomic E-state index is 0.0922. The van der Waals surface area contributed by atoms with E-state index in [0.29, 0.717) is 27.6 Å². The molecule has 6 heteroatoms. The van der Waals surface area contributed by atoms with Crippen molar-refractivity contribution in [3.63, 3.8) is 0 Å². The molecule has 5 nitrogen and oxygen atoms in total. The van der Waals surface area contributed by atoms with E-state index in [9.17, 15) is 14.7 Å². The molecule has 1 N–H and O–H groups in total. The molecule has 0 spiro atoms. The van der Waals surface area contributed by atoms with Crippen molar-refractivity contribution in [2.45, 2.75) is 12.8 Å². The monoisotopic (exact) mass is 305 g/mol. The fourth-order valence-corrected chi connectivity index (χ4v) is 3.08. The summed E-state index contributed by atoms with van der Waals surface area (Å²) in [7, 11) is 0. The minimum Gasteiger partial charge on any atom is -0.481 e. The van der Waals surface area contributed by atoms with Crippen LogP contribution in [0.3, 0.4) is 0 Å². The number of ether oxygens (including phenoxy) is 1. The lowest BCUT2D eigenvalue weighted by Gasteiger charge is -2.27. The molecule has 1 aromatic carbocycles. The highest BCUT2D eigenvalue weighted by atomic mass is 35.5. The zero-order valence-corrected chi connectivity index (χ0v) is 11.9. The van der Waals surface area contributed by atoms with Gasteiger partial charge in [0.05, 0.1) is 11.3 Å². The molecule has 2 aliphatic heterocycles. The van der Waals surface area contributed by atoms with E-state index in [0.717, 1.165) is 0 Å². The van der Waals surface area contributed by atoms with Gasteiger partial charge in [0, 0.05) is 16.7 Å². The smallest absolute Gasteiger partial charge is 0.337 e. The number of nitrogens with zero attached hydrogens (tertiary/aromatic N) is 1. The molecule has 0 aliphatic carbocycles. The standard InChI is InChI=1S/C15H12ClNO4/c1-7-11(14(18)19)12(8-3-2-4-9(16)5-8)13-10(17-7)6-21-15(13)20/h2-5,11-12H,6H2,1H3,(H,18,19). The van der Waals surface area contributed by atoms with Gasteiger partial charge in [-0.25, -0.2) is 4.79 Å². The molecule has 0 amide bonds. The highest BCUT2D eigenvalue weighted by Gasteiger charge is 2.44. The number of rotatable bonds is 2. The number of aliphatic carboxylic acids is 1. The van der Waals surface area contributed by atoms with Crippen LogP contribution in [0.1, 0.15) is 18.4 Å². The van der Waals surface area contributed by atoms with Crippen molar-refractivity contribution in [1.82, 2.24) is 0 Å². The molecule has 0 bridgehead atoms. The third kappa shape index (κ3) is 2.23. The summed E-state index contributed by atoms with van der Waals surface area (Å²) in [5.74, 6) is -3.04. The number of benzene rings is 1. The number of carboxylic acid groups (broad SMARTS) is 1. The van der Waals surface area contributed by atoms with Crippen molar-refractivity contribution >= 4 is 29.3 Å². The van der Waals surface area contributed by atoms with E-state index in [1.807, 2.05) is 0 Å². The SMILES string of the molecule is CC1=NC2=C(C(=O)OC2)C(c2cccc(Cl)c2)C1C(=O)O. The lowest BCUT2D eigenvalue weighted by atomic mass is 9.76. The van der Waals surface area contributed by atoms with Crippen LogP contribution in [0.5, 0.6) is 0 Å². The minimum atomic E-state index is -1.02. The van der Waals surface area contributed by atoms with Gasteiger partial charge in [-0.15, -0.1) is 0 Å². The van der Waals surface area contributed by atoms with Crippen molar-refractivity contribution in [3.8, 4) is 0 Å². The Balaban J connectivity index is 2.19. The van der Waals surface area contributed by atoms with E-state index in [1.54, 1.807) is 31.2 Å². The zero-order chi connectivity index (χ0) is 15.1. The average molecular weight is 306 g/mol. The molecule has 0 radical (unpaired) electrons. The second kappa shape index (κ2) is 5.00. The number of halogens is 1. The van der Waals surface area contributed by atoms with Gasteiger partial charge in [0.25, 0.3) is 0 Å². The maximum Gasteiger partial charge on any atom is 0.337 e. The molecule has 108 valence electrons. The summed E-state index contributed by atoms with van der Waals surface area (Å²) < 4.78 is 5.01. The number of cyclic esters (lactones) is 1. The Hall–Kier alpha value is -2.14. The highest BCUT2D eigenvalue weighted by molar-refractivity contribution is 6.30. The Morgan fingerprint density at radius 3 is 2.90 bits per heavy atom. The van der Waals surface area contributed by atoms with Crippen LogP contribution in [0.15, 0.2) is 40.5 Å². The Morgan fingerprint density at radius 2 is 2.24 bits per heavy atom. The molecule has 0 saturated heterocycles. The van der Waals surface area contributed by atoms with Gasteiger partial charge >= 0.3 is 11.9 Å². The van der Waals surface area contributed by atoms with Crippen LogP contribution in [0.2, 0.25) is 5.02 Å². The zero-order valence-electron chi connectivity index (χ0n) is 11.2. The maximum atomic E-state index is 12.0. The first-order valence-electron chi connectivity index (χ1n) is 6.42. The second-order valence-corrected chi connectivity index (χ2v) is 5.47. The summed E-state index contributed by atoms with van der Waals surface area (Å²) >= 11 is 6.00. The third-order valence-corrected chi connectivity index (χ3v) is 3.99. The van der Waals surface area contributed by atoms with Crippen molar-refractivity contribution < 1.29 is 19.4 Å². The number of hydrogen-bond donors (Lipinski definition) is 1. The van der Waals surface area contributed by atoms with E-state index >= 15 is 0 Å². The van der Waals surface area contributed by atoms with E-state index in [2.05, 4.69) is 4.99 Å². The van der Waals surface area contributed by atoms with Gasteiger partial charge in [-0.1, -0.05) is 23.7 Å². The first kappa shape index (κ1) is 13.8. The average Bonchev–Trinajstić information content (AvgIpc) is 2.78. The molecular weight excluding hydrogens is 294 g/mol. The topological polar surface area (TPSA) is 76.0 Å². The number of hydrogen-bond acceptors (Lipinski definition) is 4. The summed E-state index contributed by atoms with van der Waals surface area (Å²) in [6.45, 7) is 1.75. The number of carboxylic acids is 1. The van der Waals surface area contributed by atoms with Gasteiger partial charge in [-0.05, 0) is 24.6 Å². The van der Waals surface area contributed by atoms with E-state index in [-0.39, 0.29) is 6.61 Å². The first-order valence-corrected chi connectivity index (χ1v) is 6.80. The van der Waals surface area contributed by atoms with Crippen molar-refractivity contribution in [1.29, 1.82) is 0 Å². The Labute approximate surface area is 125 Å². The van der Waals surface area contributed by atoms with E-state index in [1.165, 1.54) is 0 Å². The van der Waals surface area contributed by atoms with Crippen LogP contribution in [0, 0.1) is 5.92 Å². The third-order valence-electron chi connectivity index (χ3n) is 3.75. The van der Waals surface area contributed by atoms with Gasteiger partial charge in [0.2, 0.25) is 0 Å². The predicted octanol–water partition coefficient (Wildman–Crippen LogP) is 2.41. The first-order chi connectivity index (χ1) is 9.99. The number of esters is 1. The lowest BCUT2D eigenvalue weighted by Crippen LogP contribution is -2.33. The summed E-state index contributed by atoms with van der Waals surface area (Å²) in [6, 6.07) is 6.88. The van der Waals surface area contributed by atoms with Gasteiger partial charge < -0.3 is 9.84 Å². The highest BCUT2D eigenvalue weighted by Crippen LogP contribution is 2.42. The Morgan fingerprint density at radius 1 is 1.48 bits per heavy atom. The van der Waals surface area contributed by atoms with Gasteiger partial charge in [0.1, 0.15) is 12.5 Å². The molecule has 0 fully saturated rings. The number of aliphatic imine (C=N–C) groups is 1. The Bertz CT molecular complexity index is 707. The van der Waals surface area contributed by atoms with Crippen molar-refractivity contribution in [2.24, 2.45) is 10.9 Å². The van der Waals surface area contributed by atoms with Gasteiger partial charge in [-0.2, -0.15) is 0 Å². The number of carbonyl (C=O) groups is 2. The summed E-state index contributed by atoms with van der Waals surface area (Å²) in [5, 5.41) is 10.0. The molecular formula is C15H12ClNO4. The summed E-state index contributed by atoms with van der Waals surface area (Å²) in [6.07, 6.45) is 0. The molecule has 21 heavy (non-hydrogen) atoms. The number of carbonyl (C=O) groups excluding carboxylic acids is 1. The normalized spacial score (nSPS) is 24.5. The second-order valence-electron chi connectivity index (χ2n) is 5.04. The molecule has 1 aromatic rings. The van der Waals surface area contributed by atoms with Crippen LogP contribution >= 0.6 is 11.6 Å². The predicted molar refractivity (Wildman–Crippen MR) is 76.4 cm³/mol. The lowest BCUT2D eigenvalue weighted by molar-refractivity contribution is -0.140. The Kier molecular flexibility index (Phi) is 3.29. The quantitative estimate of drug-likeness (QED) is 0.851. The van der Waals surface area contributed by atoms with Crippen LogP contribution in [0.25, 0.3) is 0 Å². The summed E-state index contributed by atoms with van der Waals surface area (Å²) in [5.41, 5.74) is 1.98. The van der Waals surface area contributed by atoms with Crippen LogP contribution in [0.4, 0.5) is 0 Å². The van der Waals surface area contributed by atoms with Crippen LogP contribution < -0.4 is 0 Å². The molecule has 2 heterocycles. The van der Waals surface area contributed by atoms with Crippen LogP contribution in [-0.2, 0) is 14.3 Å². The van der Waals surface area contributed by atoms with Gasteiger partial charge in [-0.3, -0.25) is 9.79 Å². The van der Waals surface area contributed by atoms with Crippen molar-refractivity contribution in [2.75, 3.05) is 6.61 Å². The van der Waals surface area contributed by atoms with Crippen molar-refractivity contribution in [3.05, 3.63) is 46.1 Å². The van der Waals surface area contributed by atoms with Crippen LogP contribution in [-0.4, -0.2) is 29.4 Å². The van der Waals surface area contributed by atoms with Gasteiger partial charge in [0.15, 0.2) is 0 Å². The maximum absolute atomic E-state index is 12.0. The van der Waals surface area contributed by atoms with E-state index < -0.39 is 23.8 Å². The fourth-order valence-electron chi connectivity index (χ4n) is 2.88. The molecule has 2 atom stereocenters. The summed E-state index contributed by atoms with van der Waals surface area (Å²) in [4.78, 5) is 27.8. The molecule has 3 rings (SSSR count). The molecule has 0 aromatic heterocycles. The fraction of sp³-hybridized carbons (Fsp3) is 0.267. The molecule has 2 unspecified atom stereocenters. The molecule has 0 saturated carbocycles. The molecule has 2 aliphatic rings. The largest absolute Gasteiger partial charge is 0.481 e.